The first-order chi connectivity index (χ1) is 10.7. The number of aromatic nitrogens is 4. The molecule has 0 N–H and O–H groups in total. The van der Waals surface area contributed by atoms with Gasteiger partial charge >= 0.3 is 0 Å². The highest BCUT2D eigenvalue weighted by molar-refractivity contribution is 5.54. The van der Waals surface area contributed by atoms with Gasteiger partial charge in [-0.05, 0) is 20.3 Å². The predicted octanol–water partition coefficient (Wildman–Crippen LogP) is 1.23. The molecular formula is C15H23N5O2. The summed E-state index contributed by atoms with van der Waals surface area (Å²) in [5.41, 5.74) is 2.18. The van der Waals surface area contributed by atoms with E-state index in [0.29, 0.717) is 24.9 Å². The third-order valence-electron chi connectivity index (χ3n) is 4.25. The maximum Gasteiger partial charge on any atom is 0.254 e. The number of hydrogen-bond donors (Lipinski definition) is 0. The Hall–Kier alpha value is -1.73. The highest BCUT2D eigenvalue weighted by Crippen LogP contribution is 2.28. The summed E-state index contributed by atoms with van der Waals surface area (Å²) in [6.45, 7) is 8.20. The number of nitrogens with zero attached hydrogens (tertiary/aromatic N) is 5. The molecule has 7 heteroatoms. The van der Waals surface area contributed by atoms with Crippen molar-refractivity contribution in [3.8, 4) is 0 Å². The lowest BCUT2D eigenvalue weighted by molar-refractivity contribution is 0.0549. The molecule has 1 unspecified atom stereocenters. The second kappa shape index (κ2) is 6.58. The average molecular weight is 305 g/mol. The van der Waals surface area contributed by atoms with Gasteiger partial charge in [-0.15, -0.1) is 0 Å². The first-order valence-electron chi connectivity index (χ1n) is 7.69. The van der Waals surface area contributed by atoms with Crippen LogP contribution in [0.25, 0.3) is 5.78 Å². The van der Waals surface area contributed by atoms with Gasteiger partial charge in [0.1, 0.15) is 12.1 Å². The van der Waals surface area contributed by atoms with Gasteiger partial charge in [0.2, 0.25) is 0 Å². The molecule has 2 aromatic rings. The highest BCUT2D eigenvalue weighted by Gasteiger charge is 2.26. The van der Waals surface area contributed by atoms with E-state index in [-0.39, 0.29) is 0 Å². The quantitative estimate of drug-likeness (QED) is 0.748. The molecule has 0 saturated carbocycles. The second-order valence-corrected chi connectivity index (χ2v) is 5.79. The molecule has 1 saturated heterocycles. The molecule has 0 amide bonds. The van der Waals surface area contributed by atoms with Gasteiger partial charge in [0.15, 0.2) is 0 Å². The molecule has 1 aliphatic heterocycles. The largest absolute Gasteiger partial charge is 0.382 e. The maximum atomic E-state index is 5.67. The summed E-state index contributed by atoms with van der Waals surface area (Å²) in [6, 6.07) is 0. The van der Waals surface area contributed by atoms with Crippen LogP contribution in [0, 0.1) is 19.8 Å². The molecule has 0 radical (unpaired) electrons. The van der Waals surface area contributed by atoms with Crippen molar-refractivity contribution >= 4 is 11.6 Å². The third kappa shape index (κ3) is 2.91. The zero-order valence-electron chi connectivity index (χ0n) is 13.4. The van der Waals surface area contributed by atoms with Gasteiger partial charge in [0.25, 0.3) is 5.78 Å². The topological polar surface area (TPSA) is 64.8 Å². The van der Waals surface area contributed by atoms with Crippen LogP contribution in [-0.2, 0) is 9.47 Å². The van der Waals surface area contributed by atoms with E-state index in [2.05, 4.69) is 26.9 Å². The molecule has 0 spiro atoms. The smallest absolute Gasteiger partial charge is 0.254 e. The van der Waals surface area contributed by atoms with E-state index in [0.717, 1.165) is 37.6 Å². The molecule has 0 aromatic carbocycles. The number of methoxy groups -OCH3 is 1. The van der Waals surface area contributed by atoms with Crippen LogP contribution in [0.15, 0.2) is 6.33 Å². The van der Waals surface area contributed by atoms with Crippen LogP contribution in [0.3, 0.4) is 0 Å². The summed E-state index contributed by atoms with van der Waals surface area (Å²) in [5.74, 6) is 2.32. The number of aryl methyl sites for hydroxylation is 1. The van der Waals surface area contributed by atoms with Crippen LogP contribution in [0.5, 0.6) is 0 Å². The summed E-state index contributed by atoms with van der Waals surface area (Å²) in [7, 11) is 1.69. The van der Waals surface area contributed by atoms with Gasteiger partial charge in [-0.25, -0.2) is 4.98 Å². The van der Waals surface area contributed by atoms with Crippen molar-refractivity contribution < 1.29 is 9.47 Å². The lowest BCUT2D eigenvalue weighted by Crippen LogP contribution is -2.25. The van der Waals surface area contributed by atoms with E-state index >= 15 is 0 Å². The third-order valence-corrected chi connectivity index (χ3v) is 4.25. The van der Waals surface area contributed by atoms with Crippen LogP contribution < -0.4 is 4.90 Å². The Bertz CT molecular complexity index is 642. The number of fused-ring (bicyclic) bond motifs is 1. The molecule has 22 heavy (non-hydrogen) atoms. The molecule has 1 aliphatic rings. The molecular weight excluding hydrogens is 282 g/mol. The van der Waals surface area contributed by atoms with Crippen molar-refractivity contribution in [1.82, 2.24) is 19.6 Å². The number of ether oxygens (including phenoxy) is 2. The maximum absolute atomic E-state index is 5.67. The van der Waals surface area contributed by atoms with Crippen molar-refractivity contribution in [2.24, 2.45) is 5.92 Å². The van der Waals surface area contributed by atoms with E-state index in [9.17, 15) is 0 Å². The van der Waals surface area contributed by atoms with E-state index in [1.165, 1.54) is 5.56 Å². The molecule has 7 nitrogen and oxygen atoms in total. The van der Waals surface area contributed by atoms with Gasteiger partial charge in [-0.1, -0.05) is 0 Å². The molecule has 0 aliphatic carbocycles. The molecule has 1 fully saturated rings. The molecule has 0 bridgehead atoms. The van der Waals surface area contributed by atoms with Gasteiger partial charge < -0.3 is 14.4 Å². The summed E-state index contributed by atoms with van der Waals surface area (Å²) in [6.07, 6.45) is 2.69. The van der Waals surface area contributed by atoms with Crippen LogP contribution in [0.1, 0.15) is 17.7 Å². The molecule has 3 heterocycles. The van der Waals surface area contributed by atoms with Crippen LogP contribution in [0.4, 0.5) is 5.82 Å². The Balaban J connectivity index is 1.73. The van der Waals surface area contributed by atoms with Crippen LogP contribution in [0.2, 0.25) is 0 Å². The Morgan fingerprint density at radius 2 is 2.18 bits per heavy atom. The Kier molecular flexibility index (Phi) is 4.54. The summed E-state index contributed by atoms with van der Waals surface area (Å²) >= 11 is 0. The second-order valence-electron chi connectivity index (χ2n) is 5.79. The standard InChI is InChI=1S/C15H23N5O2/c1-11-12(2)18-15-16-10-17-20(15)14(11)19-5-4-13(8-19)9-22-7-6-21-3/h10,13H,4-9H2,1-3H3. The van der Waals surface area contributed by atoms with Crippen molar-refractivity contribution in [2.45, 2.75) is 20.3 Å². The Morgan fingerprint density at radius 1 is 1.32 bits per heavy atom. The Labute approximate surface area is 130 Å². The fourth-order valence-electron chi connectivity index (χ4n) is 2.94. The minimum absolute atomic E-state index is 0.545. The van der Waals surface area contributed by atoms with Crippen molar-refractivity contribution in [3.63, 3.8) is 0 Å². The lowest BCUT2D eigenvalue weighted by Gasteiger charge is -2.22. The number of rotatable bonds is 6. The first kappa shape index (κ1) is 15.2. The zero-order chi connectivity index (χ0) is 15.5. The molecule has 120 valence electrons. The number of hydrogen-bond acceptors (Lipinski definition) is 6. The normalized spacial score (nSPS) is 18.5. The van der Waals surface area contributed by atoms with Gasteiger partial charge in [-0.2, -0.15) is 14.6 Å². The molecule has 3 rings (SSSR count). The average Bonchev–Trinajstić information content (AvgIpc) is 3.14. The van der Waals surface area contributed by atoms with E-state index in [4.69, 9.17) is 9.47 Å². The van der Waals surface area contributed by atoms with E-state index in [1.54, 1.807) is 13.4 Å². The van der Waals surface area contributed by atoms with Crippen molar-refractivity contribution in [1.29, 1.82) is 0 Å². The summed E-state index contributed by atoms with van der Waals surface area (Å²) in [5, 5.41) is 4.33. The van der Waals surface area contributed by atoms with Crippen LogP contribution >= 0.6 is 0 Å². The minimum Gasteiger partial charge on any atom is -0.382 e. The highest BCUT2D eigenvalue weighted by atomic mass is 16.5. The van der Waals surface area contributed by atoms with Crippen LogP contribution in [-0.4, -0.2) is 59.6 Å². The molecule has 2 aromatic heterocycles. The first-order valence-corrected chi connectivity index (χ1v) is 7.69. The fourth-order valence-corrected chi connectivity index (χ4v) is 2.94. The lowest BCUT2D eigenvalue weighted by atomic mass is 10.1. The van der Waals surface area contributed by atoms with Crippen molar-refractivity contribution in [2.75, 3.05) is 44.9 Å². The fraction of sp³-hybridized carbons (Fsp3) is 0.667. The van der Waals surface area contributed by atoms with Gasteiger partial charge in [0.05, 0.1) is 19.8 Å². The monoisotopic (exact) mass is 305 g/mol. The summed E-state index contributed by atoms with van der Waals surface area (Å²) in [4.78, 5) is 11.1. The van der Waals surface area contributed by atoms with E-state index < -0.39 is 0 Å². The predicted molar refractivity (Wildman–Crippen MR) is 83.3 cm³/mol. The van der Waals surface area contributed by atoms with Gasteiger partial charge in [0, 0.05) is 37.4 Å². The van der Waals surface area contributed by atoms with Gasteiger partial charge in [-0.3, -0.25) is 0 Å². The minimum atomic E-state index is 0.545. The summed E-state index contributed by atoms with van der Waals surface area (Å²) < 4.78 is 12.5. The van der Waals surface area contributed by atoms with E-state index in [1.807, 2.05) is 11.4 Å². The molecule has 1 atom stereocenters. The zero-order valence-corrected chi connectivity index (χ0v) is 13.4. The number of anilines is 1. The SMILES string of the molecule is COCCOCC1CCN(c2c(C)c(C)nc3ncnn23)C1. The Morgan fingerprint density at radius 3 is 3.00 bits per heavy atom. The van der Waals surface area contributed by atoms with Crippen molar-refractivity contribution in [3.05, 3.63) is 17.6 Å².